The van der Waals surface area contributed by atoms with E-state index in [1.165, 1.54) is 0 Å². The summed E-state index contributed by atoms with van der Waals surface area (Å²) in [6.07, 6.45) is 1.01. The van der Waals surface area contributed by atoms with Gasteiger partial charge in [-0.25, -0.2) is 0 Å². The summed E-state index contributed by atoms with van der Waals surface area (Å²) in [6.45, 7) is 1.37. The van der Waals surface area contributed by atoms with E-state index >= 15 is 0 Å². The van der Waals surface area contributed by atoms with Crippen molar-refractivity contribution in [2.45, 2.75) is 12.8 Å². The lowest BCUT2D eigenvalue weighted by molar-refractivity contribution is -0.121. The molecule has 0 spiro atoms. The molecule has 0 atom stereocenters. The molecule has 0 saturated heterocycles. The van der Waals surface area contributed by atoms with Gasteiger partial charge in [-0.3, -0.25) is 9.59 Å². The van der Waals surface area contributed by atoms with E-state index in [1.54, 1.807) is 24.3 Å². The molecular weight excluding hydrogens is 246 g/mol. The van der Waals surface area contributed by atoms with Gasteiger partial charge in [0.15, 0.2) is 0 Å². The van der Waals surface area contributed by atoms with Crippen LogP contribution < -0.4 is 21.5 Å². The topological polar surface area (TPSA) is 107 Å². The summed E-state index contributed by atoms with van der Waals surface area (Å²) in [5.41, 5.74) is 10.9. The molecule has 0 unspecified atom stereocenters. The standard InChI is InChI=1S/C13H19N3O3/c14-6-2-7-16-12(17)5-8-19-11-4-1-3-10(9-11)13(15)18/h1,3-4,9H,2,5-8,14H2,(H2,15,18)(H,16,17). The summed E-state index contributed by atoms with van der Waals surface area (Å²) in [5.74, 6) is -0.0736. The van der Waals surface area contributed by atoms with Crippen molar-refractivity contribution < 1.29 is 14.3 Å². The number of amides is 2. The SMILES string of the molecule is NCCCNC(=O)CCOc1cccc(C(N)=O)c1. The normalized spacial score (nSPS) is 9.95. The number of nitrogens with one attached hydrogen (secondary N) is 1. The number of nitrogens with two attached hydrogens (primary N) is 2. The van der Waals surface area contributed by atoms with Gasteiger partial charge in [-0.2, -0.15) is 0 Å². The van der Waals surface area contributed by atoms with E-state index in [-0.39, 0.29) is 18.9 Å². The van der Waals surface area contributed by atoms with Crippen LogP contribution in [0.15, 0.2) is 24.3 Å². The lowest BCUT2D eigenvalue weighted by atomic mass is 10.2. The van der Waals surface area contributed by atoms with E-state index in [1.807, 2.05) is 0 Å². The molecule has 0 saturated carbocycles. The Morgan fingerprint density at radius 3 is 2.79 bits per heavy atom. The molecule has 5 N–H and O–H groups in total. The Morgan fingerprint density at radius 2 is 2.11 bits per heavy atom. The molecule has 0 aliphatic heterocycles. The number of hydrogen-bond donors (Lipinski definition) is 3. The van der Waals surface area contributed by atoms with Gasteiger partial charge in [-0.15, -0.1) is 0 Å². The predicted octanol–water partition coefficient (Wildman–Crippen LogP) is 0.0194. The monoisotopic (exact) mass is 265 g/mol. The van der Waals surface area contributed by atoms with Crippen LogP contribution in [-0.2, 0) is 4.79 Å². The van der Waals surface area contributed by atoms with Crippen molar-refractivity contribution in [1.29, 1.82) is 0 Å². The van der Waals surface area contributed by atoms with Crippen LogP contribution in [0.5, 0.6) is 5.75 Å². The van der Waals surface area contributed by atoms with Gasteiger partial charge in [-0.05, 0) is 31.2 Å². The molecule has 0 bridgehead atoms. The van der Waals surface area contributed by atoms with E-state index < -0.39 is 5.91 Å². The van der Waals surface area contributed by atoms with Crippen molar-refractivity contribution in [3.63, 3.8) is 0 Å². The lowest BCUT2D eigenvalue weighted by Gasteiger charge is -2.07. The average Bonchev–Trinajstić information content (AvgIpc) is 2.39. The second kappa shape index (κ2) is 8.10. The molecule has 6 nitrogen and oxygen atoms in total. The van der Waals surface area contributed by atoms with Crippen LogP contribution in [-0.4, -0.2) is 31.5 Å². The maximum Gasteiger partial charge on any atom is 0.248 e. The quantitative estimate of drug-likeness (QED) is 0.576. The van der Waals surface area contributed by atoms with E-state index in [0.717, 1.165) is 6.42 Å². The first kappa shape index (κ1) is 15.0. The fraction of sp³-hybridized carbons (Fsp3) is 0.385. The van der Waals surface area contributed by atoms with Crippen LogP contribution in [0, 0.1) is 0 Å². The maximum absolute atomic E-state index is 11.4. The van der Waals surface area contributed by atoms with Crippen molar-refractivity contribution in [2.24, 2.45) is 11.5 Å². The predicted molar refractivity (Wildman–Crippen MR) is 71.8 cm³/mol. The van der Waals surface area contributed by atoms with Crippen molar-refractivity contribution in [3.8, 4) is 5.75 Å². The van der Waals surface area contributed by atoms with Gasteiger partial charge in [0.1, 0.15) is 5.75 Å². The molecular formula is C13H19N3O3. The molecule has 104 valence electrons. The molecule has 1 rings (SSSR count). The van der Waals surface area contributed by atoms with E-state index in [0.29, 0.717) is 24.4 Å². The van der Waals surface area contributed by atoms with Crippen LogP contribution in [0.3, 0.4) is 0 Å². The van der Waals surface area contributed by atoms with Crippen molar-refractivity contribution in [1.82, 2.24) is 5.32 Å². The van der Waals surface area contributed by atoms with Gasteiger partial charge in [0.2, 0.25) is 11.8 Å². The number of primary amides is 1. The molecule has 0 aliphatic carbocycles. The van der Waals surface area contributed by atoms with Crippen LogP contribution in [0.4, 0.5) is 0 Å². The Labute approximate surface area is 112 Å². The second-order valence-electron chi connectivity index (χ2n) is 3.98. The number of benzene rings is 1. The molecule has 0 fully saturated rings. The molecule has 6 heteroatoms. The number of ether oxygens (including phenoxy) is 1. The van der Waals surface area contributed by atoms with E-state index in [4.69, 9.17) is 16.2 Å². The van der Waals surface area contributed by atoms with Crippen LogP contribution in [0.25, 0.3) is 0 Å². The molecule has 0 heterocycles. The molecule has 2 amide bonds. The largest absolute Gasteiger partial charge is 0.493 e. The minimum Gasteiger partial charge on any atom is -0.493 e. The highest BCUT2D eigenvalue weighted by Gasteiger charge is 2.04. The van der Waals surface area contributed by atoms with E-state index in [2.05, 4.69) is 5.32 Å². The lowest BCUT2D eigenvalue weighted by Crippen LogP contribution is -2.27. The van der Waals surface area contributed by atoms with Crippen LogP contribution in [0.2, 0.25) is 0 Å². The number of rotatable bonds is 8. The zero-order chi connectivity index (χ0) is 14.1. The first-order valence-corrected chi connectivity index (χ1v) is 6.13. The Hall–Kier alpha value is -2.08. The van der Waals surface area contributed by atoms with Crippen molar-refractivity contribution in [2.75, 3.05) is 19.7 Å². The Kier molecular flexibility index (Phi) is 6.38. The molecule has 0 radical (unpaired) electrons. The highest BCUT2D eigenvalue weighted by Crippen LogP contribution is 2.12. The summed E-state index contributed by atoms with van der Waals surface area (Å²) >= 11 is 0. The minimum atomic E-state index is -0.509. The molecule has 1 aromatic rings. The Morgan fingerprint density at radius 1 is 1.32 bits per heavy atom. The summed E-state index contributed by atoms with van der Waals surface area (Å²) in [5, 5.41) is 2.73. The zero-order valence-corrected chi connectivity index (χ0v) is 10.7. The smallest absolute Gasteiger partial charge is 0.248 e. The highest BCUT2D eigenvalue weighted by atomic mass is 16.5. The van der Waals surface area contributed by atoms with Crippen molar-refractivity contribution in [3.05, 3.63) is 29.8 Å². The number of carbonyl (C=O) groups is 2. The van der Waals surface area contributed by atoms with Gasteiger partial charge >= 0.3 is 0 Å². The minimum absolute atomic E-state index is 0.0838. The van der Waals surface area contributed by atoms with Gasteiger partial charge in [0.05, 0.1) is 13.0 Å². The summed E-state index contributed by atoms with van der Waals surface area (Å²) in [7, 11) is 0. The van der Waals surface area contributed by atoms with Crippen LogP contribution >= 0.6 is 0 Å². The summed E-state index contributed by atoms with van der Waals surface area (Å²) in [6, 6.07) is 6.54. The van der Waals surface area contributed by atoms with Gasteiger partial charge in [0, 0.05) is 12.1 Å². The Balaban J connectivity index is 2.31. The number of hydrogen-bond acceptors (Lipinski definition) is 4. The third-order valence-electron chi connectivity index (χ3n) is 2.42. The van der Waals surface area contributed by atoms with Gasteiger partial charge in [0.25, 0.3) is 0 Å². The maximum atomic E-state index is 11.4. The Bertz CT molecular complexity index is 435. The van der Waals surface area contributed by atoms with Crippen LogP contribution in [0.1, 0.15) is 23.2 Å². The van der Waals surface area contributed by atoms with Crippen molar-refractivity contribution >= 4 is 11.8 Å². The second-order valence-corrected chi connectivity index (χ2v) is 3.98. The molecule has 1 aromatic carbocycles. The summed E-state index contributed by atoms with van der Waals surface area (Å²) < 4.78 is 5.38. The average molecular weight is 265 g/mol. The first-order valence-electron chi connectivity index (χ1n) is 6.13. The summed E-state index contributed by atoms with van der Waals surface area (Å²) in [4.78, 5) is 22.4. The van der Waals surface area contributed by atoms with E-state index in [9.17, 15) is 9.59 Å². The van der Waals surface area contributed by atoms with Gasteiger partial charge in [-0.1, -0.05) is 6.07 Å². The number of carbonyl (C=O) groups excluding carboxylic acids is 2. The fourth-order valence-corrected chi connectivity index (χ4v) is 1.42. The third kappa shape index (κ3) is 5.87. The highest BCUT2D eigenvalue weighted by molar-refractivity contribution is 5.93. The molecule has 0 aromatic heterocycles. The van der Waals surface area contributed by atoms with Gasteiger partial charge < -0.3 is 21.5 Å². The zero-order valence-electron chi connectivity index (χ0n) is 10.7. The third-order valence-corrected chi connectivity index (χ3v) is 2.42. The fourth-order valence-electron chi connectivity index (χ4n) is 1.42. The molecule has 19 heavy (non-hydrogen) atoms. The molecule has 0 aliphatic rings. The first-order chi connectivity index (χ1) is 9.13.